The summed E-state index contributed by atoms with van der Waals surface area (Å²) in [5.41, 5.74) is 1.21. The number of rotatable bonds is 2. The zero-order valence-electron chi connectivity index (χ0n) is 10.8. The van der Waals surface area contributed by atoms with E-state index in [1.807, 2.05) is 0 Å². The fourth-order valence-corrected chi connectivity index (χ4v) is 2.60. The number of aromatic nitrogens is 3. The third-order valence-electron chi connectivity index (χ3n) is 3.03. The first kappa shape index (κ1) is 14.4. The second-order valence-electron chi connectivity index (χ2n) is 4.49. The van der Waals surface area contributed by atoms with Crippen LogP contribution in [0.5, 0.6) is 0 Å². The molecule has 3 aromatic rings. The van der Waals surface area contributed by atoms with Crippen LogP contribution in [0.15, 0.2) is 34.9 Å². The van der Waals surface area contributed by atoms with Gasteiger partial charge < -0.3 is 0 Å². The van der Waals surface area contributed by atoms with Crippen LogP contribution in [0.4, 0.5) is 8.78 Å². The highest BCUT2D eigenvalue weighted by atomic mass is 79.9. The number of halogens is 4. The van der Waals surface area contributed by atoms with Gasteiger partial charge in [0.15, 0.2) is 5.65 Å². The number of nitrogens with zero attached hydrogens (tertiary/aromatic N) is 3. The van der Waals surface area contributed by atoms with E-state index in [4.69, 9.17) is 11.6 Å². The first-order valence-electron chi connectivity index (χ1n) is 6.11. The van der Waals surface area contributed by atoms with Crippen molar-refractivity contribution in [3.63, 3.8) is 0 Å². The number of hydrogen-bond donors (Lipinski definition) is 0. The molecule has 1 aromatic carbocycles. The number of alkyl halides is 1. The second-order valence-corrected chi connectivity index (χ2v) is 5.99. The molecule has 0 radical (unpaired) electrons. The van der Waals surface area contributed by atoms with E-state index in [0.717, 1.165) is 6.07 Å². The molecule has 0 fully saturated rings. The number of pyridine rings is 1. The molecule has 2 aromatic heterocycles. The molecule has 3 nitrogen and oxygen atoms in total. The van der Waals surface area contributed by atoms with Gasteiger partial charge in [0.05, 0.1) is 15.5 Å². The molecular weight excluding hydrogens is 364 g/mol. The molecule has 0 spiro atoms. The summed E-state index contributed by atoms with van der Waals surface area (Å²) in [6.45, 7) is 1.73. The molecule has 0 aliphatic carbocycles. The fraction of sp³-hybridized carbons (Fsp3) is 0.143. The molecule has 0 amide bonds. The van der Waals surface area contributed by atoms with Crippen LogP contribution in [-0.2, 0) is 0 Å². The average molecular weight is 373 g/mol. The third kappa shape index (κ3) is 2.42. The molecular formula is C14H9BrClF2N3. The summed E-state index contributed by atoms with van der Waals surface area (Å²) < 4.78 is 29.3. The highest BCUT2D eigenvalue weighted by molar-refractivity contribution is 9.10. The van der Waals surface area contributed by atoms with Gasteiger partial charge in [0, 0.05) is 12.3 Å². The van der Waals surface area contributed by atoms with Crippen molar-refractivity contribution in [1.82, 2.24) is 14.5 Å². The van der Waals surface area contributed by atoms with Crippen LogP contribution in [0.25, 0.3) is 16.9 Å². The van der Waals surface area contributed by atoms with E-state index >= 15 is 0 Å². The molecule has 7 heteroatoms. The summed E-state index contributed by atoms with van der Waals surface area (Å²) >= 11 is 9.20. The molecule has 21 heavy (non-hydrogen) atoms. The van der Waals surface area contributed by atoms with Gasteiger partial charge >= 0.3 is 0 Å². The predicted molar refractivity (Wildman–Crippen MR) is 80.7 cm³/mol. The van der Waals surface area contributed by atoms with Crippen molar-refractivity contribution in [3.8, 4) is 5.69 Å². The van der Waals surface area contributed by atoms with E-state index < -0.39 is 17.0 Å². The van der Waals surface area contributed by atoms with Crippen LogP contribution in [0.1, 0.15) is 18.1 Å². The molecule has 0 saturated carbocycles. The Morgan fingerprint density at radius 2 is 2.05 bits per heavy atom. The van der Waals surface area contributed by atoms with Crippen molar-refractivity contribution in [3.05, 3.63) is 52.4 Å². The summed E-state index contributed by atoms with van der Waals surface area (Å²) in [6, 6.07) is 5.66. The molecule has 1 unspecified atom stereocenters. The summed E-state index contributed by atoms with van der Waals surface area (Å²) in [5, 5.41) is -0.456. The Labute approximate surface area is 132 Å². The molecule has 2 heterocycles. The zero-order chi connectivity index (χ0) is 15.1. The minimum atomic E-state index is -0.709. The van der Waals surface area contributed by atoms with E-state index in [1.54, 1.807) is 25.3 Å². The van der Waals surface area contributed by atoms with Gasteiger partial charge in [-0.05, 0) is 41.1 Å². The summed E-state index contributed by atoms with van der Waals surface area (Å²) in [5.74, 6) is -0.934. The Bertz CT molecular complexity index is 832. The quantitative estimate of drug-likeness (QED) is 0.479. The Balaban J connectivity index is 2.38. The van der Waals surface area contributed by atoms with E-state index in [9.17, 15) is 8.78 Å². The lowest BCUT2D eigenvalue weighted by Crippen LogP contribution is -2.05. The van der Waals surface area contributed by atoms with Gasteiger partial charge in [0.2, 0.25) is 0 Å². The lowest BCUT2D eigenvalue weighted by molar-refractivity contribution is 0.572. The van der Waals surface area contributed by atoms with Gasteiger partial charge in [-0.25, -0.2) is 18.7 Å². The highest BCUT2D eigenvalue weighted by Crippen LogP contribution is 2.30. The van der Waals surface area contributed by atoms with Gasteiger partial charge in [-0.15, -0.1) is 11.6 Å². The Morgan fingerprint density at radius 3 is 2.76 bits per heavy atom. The smallest absolute Gasteiger partial charge is 0.164 e. The van der Waals surface area contributed by atoms with Crippen molar-refractivity contribution in [2.24, 2.45) is 0 Å². The van der Waals surface area contributed by atoms with E-state index in [2.05, 4.69) is 25.9 Å². The lowest BCUT2D eigenvalue weighted by atomic mass is 10.2. The van der Waals surface area contributed by atoms with Crippen LogP contribution >= 0.6 is 27.5 Å². The van der Waals surface area contributed by atoms with Gasteiger partial charge in [-0.2, -0.15) is 0 Å². The molecule has 1 atom stereocenters. The van der Waals surface area contributed by atoms with E-state index in [0.29, 0.717) is 17.0 Å². The summed E-state index contributed by atoms with van der Waals surface area (Å²) in [4.78, 5) is 8.59. The third-order valence-corrected chi connectivity index (χ3v) is 3.83. The van der Waals surface area contributed by atoms with Crippen molar-refractivity contribution in [1.29, 1.82) is 0 Å². The molecule has 0 saturated heterocycles. The molecule has 108 valence electrons. The predicted octanol–water partition coefficient (Wildman–Crippen LogP) is 4.76. The molecule has 0 aliphatic heterocycles. The average Bonchev–Trinajstić information content (AvgIpc) is 2.82. The van der Waals surface area contributed by atoms with Crippen molar-refractivity contribution < 1.29 is 8.78 Å². The minimum absolute atomic E-state index is 0.145. The second kappa shape index (κ2) is 5.35. The van der Waals surface area contributed by atoms with Crippen molar-refractivity contribution in [2.75, 3.05) is 0 Å². The molecule has 0 bridgehead atoms. The number of imidazole rings is 1. The van der Waals surface area contributed by atoms with Gasteiger partial charge in [0.25, 0.3) is 0 Å². The van der Waals surface area contributed by atoms with E-state index in [1.165, 1.54) is 10.6 Å². The van der Waals surface area contributed by atoms with Crippen molar-refractivity contribution >= 4 is 38.7 Å². The molecule has 0 aliphatic rings. The number of hydrogen-bond acceptors (Lipinski definition) is 2. The van der Waals surface area contributed by atoms with Crippen LogP contribution in [0.3, 0.4) is 0 Å². The van der Waals surface area contributed by atoms with Gasteiger partial charge in [0.1, 0.15) is 23.0 Å². The standard InChI is InChI=1S/C14H9BrClF2N3/c1-7(16)13-20-11-3-2-4-19-14(11)21(13)12-5-8(15)9(17)6-10(12)18/h2-7H,1H3. The monoisotopic (exact) mass is 371 g/mol. The summed E-state index contributed by atoms with van der Waals surface area (Å²) in [6.07, 6.45) is 1.58. The maximum Gasteiger partial charge on any atom is 0.164 e. The van der Waals surface area contributed by atoms with E-state index in [-0.39, 0.29) is 10.2 Å². The largest absolute Gasteiger partial charge is 0.276 e. The minimum Gasteiger partial charge on any atom is -0.276 e. The van der Waals surface area contributed by atoms with Crippen LogP contribution < -0.4 is 0 Å². The number of benzene rings is 1. The first-order chi connectivity index (χ1) is 9.99. The Morgan fingerprint density at radius 1 is 1.29 bits per heavy atom. The SMILES string of the molecule is CC(Cl)c1nc2cccnc2n1-c1cc(Br)c(F)cc1F. The Kier molecular flexibility index (Phi) is 3.67. The van der Waals surface area contributed by atoms with Crippen LogP contribution in [0.2, 0.25) is 0 Å². The van der Waals surface area contributed by atoms with Crippen molar-refractivity contribution in [2.45, 2.75) is 12.3 Å². The summed E-state index contributed by atoms with van der Waals surface area (Å²) in [7, 11) is 0. The maximum atomic E-state index is 14.2. The van der Waals surface area contributed by atoms with Gasteiger partial charge in [-0.1, -0.05) is 0 Å². The van der Waals surface area contributed by atoms with Crippen LogP contribution in [0, 0.1) is 11.6 Å². The first-order valence-corrected chi connectivity index (χ1v) is 7.34. The fourth-order valence-electron chi connectivity index (χ4n) is 2.12. The topological polar surface area (TPSA) is 30.7 Å². The Hall–Kier alpha value is -1.53. The van der Waals surface area contributed by atoms with Crippen LogP contribution in [-0.4, -0.2) is 14.5 Å². The zero-order valence-corrected chi connectivity index (χ0v) is 13.2. The normalized spacial score (nSPS) is 12.8. The molecule has 3 rings (SSSR count). The van der Waals surface area contributed by atoms with Gasteiger partial charge in [-0.3, -0.25) is 4.57 Å². The number of fused-ring (bicyclic) bond motifs is 1. The maximum absolute atomic E-state index is 14.2. The molecule has 0 N–H and O–H groups in total. The highest BCUT2D eigenvalue weighted by Gasteiger charge is 2.20. The lowest BCUT2D eigenvalue weighted by Gasteiger charge is -2.11.